The van der Waals surface area contributed by atoms with E-state index in [0.29, 0.717) is 17.6 Å². The van der Waals surface area contributed by atoms with Gasteiger partial charge in [0, 0.05) is 56.5 Å². The van der Waals surface area contributed by atoms with Crippen molar-refractivity contribution in [2.24, 2.45) is 10.4 Å². The van der Waals surface area contributed by atoms with Crippen LogP contribution in [0.3, 0.4) is 0 Å². The van der Waals surface area contributed by atoms with E-state index in [1.54, 1.807) is 0 Å². The van der Waals surface area contributed by atoms with Crippen molar-refractivity contribution in [2.75, 3.05) is 33.4 Å². The van der Waals surface area contributed by atoms with Crippen LogP contribution < -0.4 is 16.0 Å². The smallest absolute Gasteiger partial charge is 0.191 e. The van der Waals surface area contributed by atoms with Crippen LogP contribution in [0.5, 0.6) is 0 Å². The van der Waals surface area contributed by atoms with E-state index in [1.165, 1.54) is 24.8 Å². The summed E-state index contributed by atoms with van der Waals surface area (Å²) in [6, 6.07) is 11.4. The number of aliphatic imine (C=N–C) groups is 1. The van der Waals surface area contributed by atoms with Gasteiger partial charge in [0.15, 0.2) is 5.96 Å². The molecule has 0 aromatic heterocycles. The van der Waals surface area contributed by atoms with Gasteiger partial charge in [0.05, 0.1) is 6.10 Å². The topological polar surface area (TPSA) is 66.9 Å². The first-order valence-electron chi connectivity index (χ1n) is 12.1. The average Bonchev–Trinajstić information content (AvgIpc) is 2.75. The molecule has 0 bridgehead atoms. The van der Waals surface area contributed by atoms with Crippen LogP contribution in [0.4, 0.5) is 0 Å². The highest BCUT2D eigenvalue weighted by Gasteiger charge is 2.59. The molecular weight excluding hydrogens is 515 g/mol. The molecule has 3 N–H and O–H groups in total. The van der Waals surface area contributed by atoms with E-state index in [2.05, 4.69) is 65.1 Å². The molecule has 1 spiro atoms. The fraction of sp³-hybridized carbons (Fsp3) is 0.720. The molecule has 1 saturated heterocycles. The summed E-state index contributed by atoms with van der Waals surface area (Å²) in [5, 5.41) is 11.3. The maximum Gasteiger partial charge on any atom is 0.191 e. The molecule has 3 fully saturated rings. The third-order valence-corrected chi connectivity index (χ3v) is 7.84. The first-order chi connectivity index (χ1) is 15.1. The van der Waals surface area contributed by atoms with Gasteiger partial charge in [-0.05, 0) is 51.5 Å². The minimum atomic E-state index is -0.00719. The minimum absolute atomic E-state index is 0. The molecule has 1 heterocycles. The zero-order chi connectivity index (χ0) is 21.7. The number of hydrogen-bond donors (Lipinski definition) is 3. The summed E-state index contributed by atoms with van der Waals surface area (Å²) in [7, 11) is 1.87. The molecule has 3 atom stereocenters. The Morgan fingerprint density at radius 2 is 1.91 bits per heavy atom. The van der Waals surface area contributed by atoms with Gasteiger partial charge in [-0.2, -0.15) is 0 Å². The second-order valence-corrected chi connectivity index (χ2v) is 9.56. The summed E-state index contributed by atoms with van der Waals surface area (Å²) >= 11 is 0. The molecular formula is C25H41IN4O2. The van der Waals surface area contributed by atoms with Gasteiger partial charge in [-0.1, -0.05) is 36.8 Å². The first-order valence-corrected chi connectivity index (χ1v) is 12.1. The lowest BCUT2D eigenvalue weighted by Crippen LogP contribution is -2.69. The van der Waals surface area contributed by atoms with Crippen molar-refractivity contribution >= 4 is 29.9 Å². The number of hydrogen-bond acceptors (Lipinski definition) is 4. The molecule has 180 valence electrons. The second kappa shape index (κ2) is 11.5. The normalized spacial score (nSPS) is 26.9. The molecule has 32 heavy (non-hydrogen) atoms. The van der Waals surface area contributed by atoms with Gasteiger partial charge in [0.2, 0.25) is 0 Å². The first kappa shape index (κ1) is 25.7. The number of nitrogens with zero attached hydrogens (tertiary/aromatic N) is 1. The maximum atomic E-state index is 6.01. The Bertz CT molecular complexity index is 735. The van der Waals surface area contributed by atoms with Crippen molar-refractivity contribution in [2.45, 2.75) is 76.1 Å². The SMILES string of the molecule is CCOC1CC(NC(=NC)NCC2(NC(C)c3ccccc3)CCOCC2)C12CCC2.I. The zero-order valence-corrected chi connectivity index (χ0v) is 22.2. The Hall–Kier alpha value is -0.900. The van der Waals surface area contributed by atoms with Crippen molar-refractivity contribution in [1.29, 1.82) is 0 Å². The largest absolute Gasteiger partial charge is 0.381 e. The highest BCUT2D eigenvalue weighted by molar-refractivity contribution is 14.0. The van der Waals surface area contributed by atoms with Crippen LogP contribution in [0.25, 0.3) is 0 Å². The molecule has 1 aromatic carbocycles. The van der Waals surface area contributed by atoms with E-state index in [4.69, 9.17) is 9.47 Å². The molecule has 3 unspecified atom stereocenters. The van der Waals surface area contributed by atoms with E-state index in [1.807, 2.05) is 7.05 Å². The van der Waals surface area contributed by atoms with E-state index in [0.717, 1.165) is 51.6 Å². The zero-order valence-electron chi connectivity index (χ0n) is 19.9. The van der Waals surface area contributed by atoms with Gasteiger partial charge in [0.25, 0.3) is 0 Å². The molecule has 0 radical (unpaired) electrons. The number of guanidine groups is 1. The van der Waals surface area contributed by atoms with Gasteiger partial charge in [0.1, 0.15) is 0 Å². The number of nitrogens with one attached hydrogen (secondary N) is 3. The monoisotopic (exact) mass is 556 g/mol. The van der Waals surface area contributed by atoms with Crippen LogP contribution >= 0.6 is 24.0 Å². The summed E-state index contributed by atoms with van der Waals surface area (Å²) < 4.78 is 11.7. The van der Waals surface area contributed by atoms with E-state index in [-0.39, 0.29) is 35.6 Å². The molecule has 7 heteroatoms. The Morgan fingerprint density at radius 3 is 2.50 bits per heavy atom. The van der Waals surface area contributed by atoms with Crippen LogP contribution in [-0.4, -0.2) is 57.1 Å². The van der Waals surface area contributed by atoms with Crippen molar-refractivity contribution in [1.82, 2.24) is 16.0 Å². The number of rotatable bonds is 8. The number of ether oxygens (including phenoxy) is 2. The Balaban J connectivity index is 0.00000289. The highest BCUT2D eigenvalue weighted by Crippen LogP contribution is 2.57. The number of halogens is 1. The van der Waals surface area contributed by atoms with Gasteiger partial charge >= 0.3 is 0 Å². The summed E-state index contributed by atoms with van der Waals surface area (Å²) in [5.41, 5.74) is 1.64. The second-order valence-electron chi connectivity index (χ2n) is 9.56. The Kier molecular flexibility index (Phi) is 9.23. The predicted octanol–water partition coefficient (Wildman–Crippen LogP) is 4.02. The van der Waals surface area contributed by atoms with Crippen molar-refractivity contribution < 1.29 is 9.47 Å². The van der Waals surface area contributed by atoms with Gasteiger partial charge in [-0.15, -0.1) is 24.0 Å². The standard InChI is InChI=1S/C25H40N4O2.HI/c1-4-31-22-17-21(25(22)11-8-12-25)28-23(26-3)27-18-24(13-15-30-16-14-24)29-19(2)20-9-6-5-7-10-20;/h5-7,9-10,19,21-22,29H,4,8,11-18H2,1-3H3,(H2,26,27,28);1H. The van der Waals surface area contributed by atoms with Gasteiger partial charge < -0.3 is 25.4 Å². The third kappa shape index (κ3) is 5.42. The summed E-state index contributed by atoms with van der Waals surface area (Å²) in [6.45, 7) is 7.59. The predicted molar refractivity (Wildman–Crippen MR) is 141 cm³/mol. The van der Waals surface area contributed by atoms with Crippen molar-refractivity contribution in [3.8, 4) is 0 Å². The lowest BCUT2D eigenvalue weighted by Gasteiger charge is -2.61. The number of benzene rings is 1. The maximum absolute atomic E-state index is 6.01. The molecule has 3 aliphatic rings. The van der Waals surface area contributed by atoms with E-state index >= 15 is 0 Å². The average molecular weight is 557 g/mol. The fourth-order valence-electron chi connectivity index (χ4n) is 5.67. The summed E-state index contributed by atoms with van der Waals surface area (Å²) in [4.78, 5) is 4.55. The molecule has 6 nitrogen and oxygen atoms in total. The quantitative estimate of drug-likeness (QED) is 0.257. The summed E-state index contributed by atoms with van der Waals surface area (Å²) in [5.74, 6) is 0.909. The van der Waals surface area contributed by atoms with Crippen molar-refractivity contribution in [3.05, 3.63) is 35.9 Å². The lowest BCUT2D eigenvalue weighted by molar-refractivity contribution is -0.168. The van der Waals surface area contributed by atoms with Crippen LogP contribution in [0, 0.1) is 5.41 Å². The van der Waals surface area contributed by atoms with Crippen LogP contribution in [-0.2, 0) is 9.47 Å². The molecule has 0 amide bonds. The van der Waals surface area contributed by atoms with E-state index in [9.17, 15) is 0 Å². The summed E-state index contributed by atoms with van der Waals surface area (Å²) in [6.07, 6.45) is 7.33. The van der Waals surface area contributed by atoms with Gasteiger partial charge in [-0.25, -0.2) is 0 Å². The Morgan fingerprint density at radius 1 is 1.19 bits per heavy atom. The minimum Gasteiger partial charge on any atom is -0.381 e. The van der Waals surface area contributed by atoms with Crippen LogP contribution in [0.15, 0.2) is 35.3 Å². The lowest BCUT2D eigenvalue weighted by atomic mass is 9.51. The van der Waals surface area contributed by atoms with E-state index < -0.39 is 0 Å². The van der Waals surface area contributed by atoms with Gasteiger partial charge in [-0.3, -0.25) is 4.99 Å². The highest BCUT2D eigenvalue weighted by atomic mass is 127. The molecule has 2 saturated carbocycles. The molecule has 1 aromatic rings. The Labute approximate surface area is 210 Å². The fourth-order valence-corrected chi connectivity index (χ4v) is 5.67. The van der Waals surface area contributed by atoms with Crippen molar-refractivity contribution in [3.63, 3.8) is 0 Å². The molecule has 4 rings (SSSR count). The molecule has 2 aliphatic carbocycles. The molecule has 1 aliphatic heterocycles. The van der Waals surface area contributed by atoms with Crippen LogP contribution in [0.1, 0.15) is 64.0 Å². The van der Waals surface area contributed by atoms with Crippen LogP contribution in [0.2, 0.25) is 0 Å². The third-order valence-electron chi connectivity index (χ3n) is 7.84.